The number of nitrogens with zero attached hydrogens (tertiary/aromatic N) is 3. The summed E-state index contributed by atoms with van der Waals surface area (Å²) >= 11 is 0. The molecular weight excluding hydrogens is 747 g/mol. The average molecular weight is 778 g/mol. The average Bonchev–Trinajstić information content (AvgIpc) is 3.91. The fourth-order valence-electron chi connectivity index (χ4n) is 9.32. The van der Waals surface area contributed by atoms with E-state index in [0.29, 0.717) is 22.4 Å². The normalized spacial score (nSPS) is 11.6. The van der Waals surface area contributed by atoms with Gasteiger partial charge in [0, 0.05) is 49.7 Å². The van der Waals surface area contributed by atoms with Crippen molar-refractivity contribution in [2.45, 2.75) is 0 Å². The molecule has 0 aliphatic carbocycles. The summed E-state index contributed by atoms with van der Waals surface area (Å²) in [5, 5.41) is 21.0. The summed E-state index contributed by atoms with van der Waals surface area (Å²) < 4.78 is 12.9. The molecule has 0 fully saturated rings. The van der Waals surface area contributed by atoms with Crippen LogP contribution in [0.2, 0.25) is 0 Å². The standard InChI is InChI=1S/C56H31N3O2/c1-58-52-21-9-20-50-49-19-8-16-41(55(49)61-56(50)52)35-24-28-38(29-25-35)59(39-30-31-46-44-13-3-2-11-42(44)43-12-4-5-14-45(43)51(46)32-39)37-26-22-34(23-27-37)40-15-7-18-48-47-17-6-10-36(33-57)53(47)60-54(40)48/h2-32H. The highest BCUT2D eigenvalue weighted by Gasteiger charge is 2.20. The smallest absolute Gasteiger partial charge is 0.229 e. The summed E-state index contributed by atoms with van der Waals surface area (Å²) in [6.07, 6.45) is 0. The molecule has 0 radical (unpaired) electrons. The number of furan rings is 2. The molecule has 0 N–H and O–H groups in total. The Morgan fingerprint density at radius 3 is 1.36 bits per heavy atom. The molecule has 5 heteroatoms. The van der Waals surface area contributed by atoms with E-state index < -0.39 is 0 Å². The fourth-order valence-corrected chi connectivity index (χ4v) is 9.32. The second-order valence-corrected chi connectivity index (χ2v) is 15.4. The number of benzene rings is 10. The molecule has 0 aliphatic rings. The van der Waals surface area contributed by atoms with Crippen molar-refractivity contribution in [1.82, 2.24) is 0 Å². The summed E-state index contributed by atoms with van der Waals surface area (Å²) in [6.45, 7) is 7.71. The van der Waals surface area contributed by atoms with Gasteiger partial charge in [-0.2, -0.15) is 5.26 Å². The van der Waals surface area contributed by atoms with Gasteiger partial charge in [-0.3, -0.25) is 0 Å². The molecule has 0 saturated carbocycles. The van der Waals surface area contributed by atoms with Crippen LogP contribution in [-0.2, 0) is 0 Å². The molecule has 0 amide bonds. The number of nitriles is 1. The number of anilines is 3. The number of hydrogen-bond acceptors (Lipinski definition) is 4. The van der Waals surface area contributed by atoms with Crippen molar-refractivity contribution in [3.8, 4) is 28.3 Å². The highest BCUT2D eigenvalue weighted by atomic mass is 16.3. The predicted molar refractivity (Wildman–Crippen MR) is 250 cm³/mol. The molecule has 0 atom stereocenters. The van der Waals surface area contributed by atoms with E-state index in [1.807, 2.05) is 30.3 Å². The van der Waals surface area contributed by atoms with Crippen LogP contribution < -0.4 is 4.90 Å². The molecule has 5 nitrogen and oxygen atoms in total. The molecule has 10 aromatic carbocycles. The SMILES string of the molecule is [C-]#[N+]c1cccc2c1oc1c(-c3ccc(N(c4ccc(-c5cccc6c5oc5c(C#N)cccc56)cc4)c4ccc5c6ccccc6c6ccccc6c5c4)cc3)cccc12. The first-order valence-electron chi connectivity index (χ1n) is 20.2. The summed E-state index contributed by atoms with van der Waals surface area (Å²) in [5.74, 6) is 0. The van der Waals surface area contributed by atoms with Gasteiger partial charge >= 0.3 is 0 Å². The van der Waals surface area contributed by atoms with Crippen LogP contribution in [0, 0.1) is 17.9 Å². The minimum absolute atomic E-state index is 0.509. The van der Waals surface area contributed by atoms with Crippen LogP contribution in [0.4, 0.5) is 22.7 Å². The van der Waals surface area contributed by atoms with Crippen molar-refractivity contribution in [3.05, 3.63) is 205 Å². The van der Waals surface area contributed by atoms with Gasteiger partial charge in [-0.1, -0.05) is 146 Å². The lowest BCUT2D eigenvalue weighted by atomic mass is 9.94. The van der Waals surface area contributed by atoms with E-state index >= 15 is 0 Å². The molecule has 0 saturated heterocycles. The maximum absolute atomic E-state index is 9.81. The molecule has 12 aromatic rings. The van der Waals surface area contributed by atoms with E-state index in [1.54, 1.807) is 12.1 Å². The molecule has 2 aromatic heterocycles. The van der Waals surface area contributed by atoms with E-state index in [2.05, 4.69) is 161 Å². The van der Waals surface area contributed by atoms with E-state index in [-0.39, 0.29) is 0 Å². The number of para-hydroxylation sites is 4. The first-order valence-corrected chi connectivity index (χ1v) is 20.2. The molecule has 0 spiro atoms. The Morgan fingerprint density at radius 2 is 0.820 bits per heavy atom. The second-order valence-electron chi connectivity index (χ2n) is 15.4. The van der Waals surface area contributed by atoms with Crippen molar-refractivity contribution >= 4 is 98.9 Å². The molecule has 282 valence electrons. The van der Waals surface area contributed by atoms with Gasteiger partial charge in [0.15, 0.2) is 5.58 Å². The maximum atomic E-state index is 9.81. The summed E-state index contributed by atoms with van der Waals surface area (Å²) in [4.78, 5) is 6.03. The van der Waals surface area contributed by atoms with Crippen LogP contribution in [0.5, 0.6) is 0 Å². The van der Waals surface area contributed by atoms with Crippen LogP contribution in [0.3, 0.4) is 0 Å². The van der Waals surface area contributed by atoms with Gasteiger partial charge in [0.2, 0.25) is 5.69 Å². The van der Waals surface area contributed by atoms with Crippen LogP contribution in [-0.4, -0.2) is 0 Å². The van der Waals surface area contributed by atoms with E-state index in [9.17, 15) is 5.26 Å². The molecule has 61 heavy (non-hydrogen) atoms. The van der Waals surface area contributed by atoms with Crippen molar-refractivity contribution in [1.29, 1.82) is 5.26 Å². The second kappa shape index (κ2) is 13.5. The summed E-state index contributed by atoms with van der Waals surface area (Å²) in [7, 11) is 0. The first-order chi connectivity index (χ1) is 30.2. The monoisotopic (exact) mass is 777 g/mol. The highest BCUT2D eigenvalue weighted by Crippen LogP contribution is 2.44. The number of rotatable bonds is 5. The lowest BCUT2D eigenvalue weighted by molar-refractivity contribution is 0.668. The Kier molecular flexibility index (Phi) is 7.59. The molecule has 2 heterocycles. The minimum Gasteiger partial charge on any atom is -0.466 e. The van der Waals surface area contributed by atoms with Crippen LogP contribution in [0.25, 0.3) is 103 Å². The zero-order valence-corrected chi connectivity index (χ0v) is 32.6. The Labute approximate surface area is 350 Å². The zero-order chi connectivity index (χ0) is 40.6. The Hall–Kier alpha value is -8.64. The Balaban J connectivity index is 1.02. The van der Waals surface area contributed by atoms with Crippen molar-refractivity contribution < 1.29 is 8.83 Å². The molecular formula is C56H31N3O2. The van der Waals surface area contributed by atoms with Gasteiger partial charge in [-0.05, 0) is 85.9 Å². The van der Waals surface area contributed by atoms with Gasteiger partial charge < -0.3 is 13.7 Å². The van der Waals surface area contributed by atoms with Crippen LogP contribution >= 0.6 is 0 Å². The molecule has 12 rings (SSSR count). The lowest BCUT2D eigenvalue weighted by Gasteiger charge is -2.26. The van der Waals surface area contributed by atoms with Gasteiger partial charge in [0.25, 0.3) is 0 Å². The van der Waals surface area contributed by atoms with Crippen molar-refractivity contribution in [2.75, 3.05) is 4.90 Å². The topological polar surface area (TPSA) is 57.7 Å². The van der Waals surface area contributed by atoms with Crippen molar-refractivity contribution in [3.63, 3.8) is 0 Å². The molecule has 0 aliphatic heterocycles. The van der Waals surface area contributed by atoms with Crippen LogP contribution in [0.15, 0.2) is 197 Å². The fraction of sp³-hybridized carbons (Fsp3) is 0. The van der Waals surface area contributed by atoms with Gasteiger partial charge in [-0.25, -0.2) is 4.85 Å². The maximum Gasteiger partial charge on any atom is 0.229 e. The first kappa shape index (κ1) is 34.4. The van der Waals surface area contributed by atoms with Gasteiger partial charge in [-0.15, -0.1) is 0 Å². The third-order valence-corrected chi connectivity index (χ3v) is 12.1. The van der Waals surface area contributed by atoms with Crippen LogP contribution in [0.1, 0.15) is 5.56 Å². The lowest BCUT2D eigenvalue weighted by Crippen LogP contribution is -2.10. The van der Waals surface area contributed by atoms with E-state index in [4.69, 9.17) is 15.4 Å². The van der Waals surface area contributed by atoms with Gasteiger partial charge in [0.1, 0.15) is 22.8 Å². The van der Waals surface area contributed by atoms with Crippen molar-refractivity contribution in [2.24, 2.45) is 0 Å². The third kappa shape index (κ3) is 5.25. The third-order valence-electron chi connectivity index (χ3n) is 12.1. The summed E-state index contributed by atoms with van der Waals surface area (Å²) in [6, 6.07) is 67.5. The molecule has 0 unspecified atom stereocenters. The highest BCUT2D eigenvalue weighted by molar-refractivity contribution is 6.26. The predicted octanol–water partition coefficient (Wildman–Crippen LogP) is 16.2. The summed E-state index contributed by atoms with van der Waals surface area (Å²) in [5.41, 5.74) is 10.8. The zero-order valence-electron chi connectivity index (χ0n) is 32.6. The van der Waals surface area contributed by atoms with E-state index in [0.717, 1.165) is 72.0 Å². The minimum atomic E-state index is 0.509. The number of hydrogen-bond donors (Lipinski definition) is 0. The number of fused-ring (bicyclic) bond motifs is 12. The molecule has 0 bridgehead atoms. The van der Waals surface area contributed by atoms with Gasteiger partial charge in [0.05, 0.1) is 12.1 Å². The largest absolute Gasteiger partial charge is 0.466 e. The Morgan fingerprint density at radius 1 is 0.393 bits per heavy atom. The van der Waals surface area contributed by atoms with E-state index in [1.165, 1.54) is 32.3 Å². The Bertz CT molecular complexity index is 3630. The quantitative estimate of drug-likeness (QED) is 0.129.